The zero-order valence-corrected chi connectivity index (χ0v) is 10.3. The first-order valence-corrected chi connectivity index (χ1v) is 6.48. The molecule has 0 bridgehead atoms. The van der Waals surface area contributed by atoms with Gasteiger partial charge in [-0.2, -0.15) is 5.10 Å². The molecule has 18 heavy (non-hydrogen) atoms. The first kappa shape index (κ1) is 11.2. The van der Waals surface area contributed by atoms with Crippen LogP contribution in [0.2, 0.25) is 0 Å². The molecule has 2 heterocycles. The Morgan fingerprint density at radius 3 is 3.00 bits per heavy atom. The predicted molar refractivity (Wildman–Crippen MR) is 69.2 cm³/mol. The molecule has 94 valence electrons. The highest BCUT2D eigenvalue weighted by Crippen LogP contribution is 2.23. The molecule has 0 saturated heterocycles. The Kier molecular flexibility index (Phi) is 3.21. The van der Waals surface area contributed by atoms with Gasteiger partial charge in [-0.1, -0.05) is 6.42 Å². The second kappa shape index (κ2) is 5.16. The second-order valence-corrected chi connectivity index (χ2v) is 4.64. The highest BCUT2D eigenvalue weighted by Gasteiger charge is 2.13. The number of aryl methyl sites for hydroxylation is 1. The molecule has 5 heteroatoms. The summed E-state index contributed by atoms with van der Waals surface area (Å²) in [6.45, 7) is 0.726. The summed E-state index contributed by atoms with van der Waals surface area (Å²) in [5.41, 5.74) is 3.58. The van der Waals surface area contributed by atoms with E-state index in [1.807, 2.05) is 6.07 Å². The molecular weight excluding hydrogens is 226 g/mol. The Labute approximate surface area is 106 Å². The highest BCUT2D eigenvalue weighted by molar-refractivity contribution is 5.46. The molecule has 0 atom stereocenters. The van der Waals surface area contributed by atoms with Gasteiger partial charge in [0.2, 0.25) is 0 Å². The molecule has 1 aliphatic carbocycles. The minimum atomic E-state index is 0.726. The first-order chi connectivity index (χ1) is 8.93. The largest absolute Gasteiger partial charge is 0.364 e. The molecule has 2 aromatic rings. The number of H-pyrrole nitrogens is 1. The zero-order chi connectivity index (χ0) is 12.2. The minimum absolute atomic E-state index is 0.726. The summed E-state index contributed by atoms with van der Waals surface area (Å²) in [4.78, 5) is 8.79. The van der Waals surface area contributed by atoms with Crippen LogP contribution in [0.25, 0.3) is 0 Å². The standard InChI is InChI=1S/C13H17N5/c1-2-4-11-12(5-3-1)15-9-16-13(11)14-8-10-6-7-17-18-10/h6-7,9H,1-5,8H2,(H,17,18)(H,14,15,16). The third-order valence-electron chi connectivity index (χ3n) is 3.38. The number of nitrogens with one attached hydrogen (secondary N) is 2. The van der Waals surface area contributed by atoms with Crippen LogP contribution in [-0.4, -0.2) is 20.2 Å². The van der Waals surface area contributed by atoms with Crippen molar-refractivity contribution in [3.05, 3.63) is 35.5 Å². The summed E-state index contributed by atoms with van der Waals surface area (Å²) in [6, 6.07) is 1.97. The Bertz CT molecular complexity index is 506. The number of aromatic amines is 1. The third-order valence-corrected chi connectivity index (χ3v) is 3.38. The van der Waals surface area contributed by atoms with Gasteiger partial charge in [0.15, 0.2) is 0 Å². The van der Waals surface area contributed by atoms with Crippen molar-refractivity contribution in [1.82, 2.24) is 20.2 Å². The minimum Gasteiger partial charge on any atom is -0.364 e. The normalized spacial score (nSPS) is 14.9. The Morgan fingerprint density at radius 2 is 2.11 bits per heavy atom. The second-order valence-electron chi connectivity index (χ2n) is 4.64. The van der Waals surface area contributed by atoms with Gasteiger partial charge in [-0.05, 0) is 31.7 Å². The van der Waals surface area contributed by atoms with Gasteiger partial charge in [-0.25, -0.2) is 9.97 Å². The average Bonchev–Trinajstić information content (AvgIpc) is 2.79. The van der Waals surface area contributed by atoms with Crippen molar-refractivity contribution in [3.8, 4) is 0 Å². The molecule has 3 rings (SSSR count). The van der Waals surface area contributed by atoms with Gasteiger partial charge in [0.1, 0.15) is 12.1 Å². The third kappa shape index (κ3) is 2.34. The molecule has 0 unspecified atom stereocenters. The fourth-order valence-corrected chi connectivity index (χ4v) is 2.41. The van der Waals surface area contributed by atoms with Crippen molar-refractivity contribution in [2.24, 2.45) is 0 Å². The maximum atomic E-state index is 4.41. The van der Waals surface area contributed by atoms with Crippen LogP contribution in [0.1, 0.15) is 36.2 Å². The van der Waals surface area contributed by atoms with Crippen LogP contribution in [0.5, 0.6) is 0 Å². The lowest BCUT2D eigenvalue weighted by atomic mass is 10.1. The van der Waals surface area contributed by atoms with Gasteiger partial charge in [0.05, 0.1) is 12.2 Å². The summed E-state index contributed by atoms with van der Waals surface area (Å²) in [5, 5.41) is 10.3. The number of rotatable bonds is 3. The first-order valence-electron chi connectivity index (χ1n) is 6.48. The maximum Gasteiger partial charge on any atom is 0.133 e. The summed E-state index contributed by atoms with van der Waals surface area (Å²) in [6.07, 6.45) is 9.36. The number of hydrogen-bond donors (Lipinski definition) is 2. The van der Waals surface area contributed by atoms with Crippen LogP contribution in [0.15, 0.2) is 18.6 Å². The maximum absolute atomic E-state index is 4.41. The fourth-order valence-electron chi connectivity index (χ4n) is 2.41. The van der Waals surface area contributed by atoms with Crippen LogP contribution >= 0.6 is 0 Å². The Hall–Kier alpha value is -1.91. The fraction of sp³-hybridized carbons (Fsp3) is 0.462. The lowest BCUT2D eigenvalue weighted by molar-refractivity contribution is 0.708. The lowest BCUT2D eigenvalue weighted by Gasteiger charge is -2.11. The van der Waals surface area contributed by atoms with E-state index in [1.165, 1.54) is 30.5 Å². The van der Waals surface area contributed by atoms with Crippen molar-refractivity contribution in [2.75, 3.05) is 5.32 Å². The lowest BCUT2D eigenvalue weighted by Crippen LogP contribution is -2.08. The van der Waals surface area contributed by atoms with E-state index < -0.39 is 0 Å². The van der Waals surface area contributed by atoms with E-state index in [1.54, 1.807) is 12.5 Å². The number of nitrogens with zero attached hydrogens (tertiary/aromatic N) is 3. The van der Waals surface area contributed by atoms with Crippen LogP contribution in [0, 0.1) is 0 Å². The molecule has 2 aromatic heterocycles. The molecule has 5 nitrogen and oxygen atoms in total. The van der Waals surface area contributed by atoms with Crippen LogP contribution in [0.3, 0.4) is 0 Å². The van der Waals surface area contributed by atoms with Crippen LogP contribution in [-0.2, 0) is 19.4 Å². The molecule has 0 fully saturated rings. The smallest absolute Gasteiger partial charge is 0.133 e. The van der Waals surface area contributed by atoms with E-state index in [2.05, 4.69) is 25.5 Å². The number of fused-ring (bicyclic) bond motifs is 1. The molecule has 0 radical (unpaired) electrons. The summed E-state index contributed by atoms with van der Waals surface area (Å²) in [7, 11) is 0. The van der Waals surface area contributed by atoms with Crippen molar-refractivity contribution in [2.45, 2.75) is 38.6 Å². The van der Waals surface area contributed by atoms with Gasteiger partial charge in [0, 0.05) is 17.5 Å². The average molecular weight is 243 g/mol. The van der Waals surface area contributed by atoms with Crippen LogP contribution < -0.4 is 5.32 Å². The van der Waals surface area contributed by atoms with Gasteiger partial charge in [-0.15, -0.1) is 0 Å². The summed E-state index contributed by atoms with van der Waals surface area (Å²) >= 11 is 0. The van der Waals surface area contributed by atoms with Gasteiger partial charge in [-0.3, -0.25) is 5.10 Å². The van der Waals surface area contributed by atoms with Crippen LogP contribution in [0.4, 0.5) is 5.82 Å². The quantitative estimate of drug-likeness (QED) is 0.810. The molecule has 0 spiro atoms. The molecule has 2 N–H and O–H groups in total. The Balaban J connectivity index is 1.79. The molecule has 0 amide bonds. The molecule has 0 saturated carbocycles. The molecule has 1 aliphatic rings. The highest BCUT2D eigenvalue weighted by atomic mass is 15.1. The number of hydrogen-bond acceptors (Lipinski definition) is 4. The van der Waals surface area contributed by atoms with Gasteiger partial charge in [0.25, 0.3) is 0 Å². The van der Waals surface area contributed by atoms with Crippen molar-refractivity contribution in [1.29, 1.82) is 0 Å². The van der Waals surface area contributed by atoms with E-state index in [4.69, 9.17) is 0 Å². The number of anilines is 1. The van der Waals surface area contributed by atoms with E-state index in [0.29, 0.717) is 0 Å². The molecule has 0 aromatic carbocycles. The molecule has 0 aliphatic heterocycles. The van der Waals surface area contributed by atoms with Crippen molar-refractivity contribution < 1.29 is 0 Å². The SMILES string of the molecule is c1cc(CNc2ncnc3c2CCCCC3)[nH]n1. The van der Waals surface area contributed by atoms with E-state index in [9.17, 15) is 0 Å². The monoisotopic (exact) mass is 243 g/mol. The van der Waals surface area contributed by atoms with Gasteiger partial charge < -0.3 is 5.32 Å². The van der Waals surface area contributed by atoms with Gasteiger partial charge >= 0.3 is 0 Å². The topological polar surface area (TPSA) is 66.5 Å². The Morgan fingerprint density at radius 1 is 1.17 bits per heavy atom. The summed E-state index contributed by atoms with van der Waals surface area (Å²) in [5.74, 6) is 0.983. The van der Waals surface area contributed by atoms with E-state index in [-0.39, 0.29) is 0 Å². The predicted octanol–water partition coefficient (Wildman–Crippen LogP) is 2.08. The van der Waals surface area contributed by atoms with E-state index >= 15 is 0 Å². The number of aromatic nitrogens is 4. The van der Waals surface area contributed by atoms with Crippen molar-refractivity contribution >= 4 is 5.82 Å². The zero-order valence-electron chi connectivity index (χ0n) is 10.3. The van der Waals surface area contributed by atoms with E-state index in [0.717, 1.165) is 30.9 Å². The molecular formula is C13H17N5. The van der Waals surface area contributed by atoms with Crippen molar-refractivity contribution in [3.63, 3.8) is 0 Å². The summed E-state index contributed by atoms with van der Waals surface area (Å²) < 4.78 is 0.